The zero-order chi connectivity index (χ0) is 19.0. The van der Waals surface area contributed by atoms with E-state index in [9.17, 15) is 15.0 Å². The number of thiazole rings is 1. The van der Waals surface area contributed by atoms with Gasteiger partial charge in [-0.25, -0.2) is 0 Å². The molecule has 134 valence electrons. The molecule has 1 aliphatic rings. The van der Waals surface area contributed by atoms with Crippen molar-refractivity contribution in [3.8, 4) is 11.6 Å². The highest BCUT2D eigenvalue weighted by atomic mass is 32.1. The number of nitrogens with zero attached hydrogens (tertiary/aromatic N) is 2. The third-order valence-electron chi connectivity index (χ3n) is 3.98. The van der Waals surface area contributed by atoms with Crippen LogP contribution in [0.3, 0.4) is 0 Å². The second kappa shape index (κ2) is 6.82. The smallest absolute Gasteiger partial charge is 0.270 e. The maximum Gasteiger partial charge on any atom is 0.270 e. The molecule has 1 aromatic heterocycles. The molecule has 6 nitrogen and oxygen atoms in total. The molecule has 0 saturated carbocycles. The fourth-order valence-corrected chi connectivity index (χ4v) is 3.86. The summed E-state index contributed by atoms with van der Waals surface area (Å²) in [5, 5.41) is 20.0. The number of phenols is 1. The molecule has 2 heterocycles. The standard InChI is InChI=1S/C19H13N3O3S2/c23-13-5-3-4-11(8-13)17(24)21-22-18(25)16(27-19(22)26)9-12-10-20-15-7-2-1-6-14(12)15/h1-10,23,25H,(H,21,24). The van der Waals surface area contributed by atoms with Crippen LogP contribution in [0.25, 0.3) is 11.6 Å². The van der Waals surface area contributed by atoms with Crippen molar-refractivity contribution in [3.05, 3.63) is 68.5 Å². The van der Waals surface area contributed by atoms with Crippen molar-refractivity contribution in [2.24, 2.45) is 4.99 Å². The zero-order valence-electron chi connectivity index (χ0n) is 13.8. The number of allylic oxidation sites excluding steroid dienone is 1. The number of benzene rings is 2. The quantitative estimate of drug-likeness (QED) is 0.576. The molecule has 0 saturated heterocycles. The summed E-state index contributed by atoms with van der Waals surface area (Å²) in [6.07, 6.45) is 3.50. The zero-order valence-corrected chi connectivity index (χ0v) is 15.4. The first-order valence-electron chi connectivity index (χ1n) is 7.93. The lowest BCUT2D eigenvalue weighted by molar-refractivity contribution is 0.100. The van der Waals surface area contributed by atoms with Crippen LogP contribution >= 0.6 is 23.6 Å². The third-order valence-corrected chi connectivity index (χ3v) is 5.29. The van der Waals surface area contributed by atoms with Gasteiger partial charge in [-0.3, -0.25) is 15.2 Å². The Morgan fingerprint density at radius 2 is 2.00 bits per heavy atom. The largest absolute Gasteiger partial charge is 0.508 e. The summed E-state index contributed by atoms with van der Waals surface area (Å²) in [6, 6.07) is 13.6. The van der Waals surface area contributed by atoms with Gasteiger partial charge in [-0.2, -0.15) is 4.68 Å². The molecule has 27 heavy (non-hydrogen) atoms. The average Bonchev–Trinajstić information content (AvgIpc) is 3.18. The van der Waals surface area contributed by atoms with Crippen LogP contribution in [0.2, 0.25) is 0 Å². The molecular weight excluding hydrogens is 382 g/mol. The summed E-state index contributed by atoms with van der Waals surface area (Å²) >= 11 is 6.44. The third kappa shape index (κ3) is 3.27. The highest BCUT2D eigenvalue weighted by Gasteiger charge is 2.17. The fraction of sp³-hybridized carbons (Fsp3) is 0. The minimum absolute atomic E-state index is 0.0228. The van der Waals surface area contributed by atoms with E-state index in [1.165, 1.54) is 23.5 Å². The molecule has 3 aromatic rings. The van der Waals surface area contributed by atoms with Crippen molar-refractivity contribution >= 4 is 53.0 Å². The normalized spacial score (nSPS) is 13.7. The maximum atomic E-state index is 12.4. The molecule has 0 fully saturated rings. The number of hydrogen-bond acceptors (Lipinski definition) is 6. The van der Waals surface area contributed by atoms with Crippen LogP contribution in [-0.2, 0) is 0 Å². The van der Waals surface area contributed by atoms with Crippen LogP contribution in [-0.4, -0.2) is 27.0 Å². The predicted molar refractivity (Wildman–Crippen MR) is 109 cm³/mol. The van der Waals surface area contributed by atoms with Gasteiger partial charge < -0.3 is 10.2 Å². The number of fused-ring (bicyclic) bond motifs is 1. The molecule has 3 N–H and O–H groups in total. The lowest BCUT2D eigenvalue weighted by atomic mass is 10.1. The molecule has 1 amide bonds. The summed E-state index contributed by atoms with van der Waals surface area (Å²) in [7, 11) is 0. The SMILES string of the molecule is O=C(Nn1c(O)c(C=C2C=Nc3ccccc32)sc1=S)c1cccc(O)c1. The van der Waals surface area contributed by atoms with Crippen LogP contribution in [0.1, 0.15) is 20.8 Å². The molecule has 0 unspecified atom stereocenters. The van der Waals surface area contributed by atoms with Gasteiger partial charge in [-0.05, 0) is 42.6 Å². The number of amides is 1. The number of rotatable bonds is 3. The fourth-order valence-electron chi connectivity index (χ4n) is 2.68. The molecule has 2 aromatic carbocycles. The number of carbonyl (C=O) groups excluding carboxylic acids is 1. The van der Waals surface area contributed by atoms with E-state index in [2.05, 4.69) is 10.4 Å². The molecule has 1 aliphatic heterocycles. The Kier molecular flexibility index (Phi) is 4.35. The van der Waals surface area contributed by atoms with Crippen molar-refractivity contribution in [1.82, 2.24) is 4.68 Å². The van der Waals surface area contributed by atoms with Gasteiger partial charge in [-0.1, -0.05) is 35.6 Å². The Balaban J connectivity index is 1.65. The summed E-state index contributed by atoms with van der Waals surface area (Å²) in [4.78, 5) is 17.2. The van der Waals surface area contributed by atoms with Crippen molar-refractivity contribution in [2.45, 2.75) is 0 Å². The highest BCUT2D eigenvalue weighted by molar-refractivity contribution is 7.73. The van der Waals surface area contributed by atoms with Gasteiger partial charge in [-0.15, -0.1) is 0 Å². The van der Waals surface area contributed by atoms with Crippen molar-refractivity contribution in [3.63, 3.8) is 0 Å². The van der Waals surface area contributed by atoms with E-state index in [1.54, 1.807) is 24.4 Å². The lowest BCUT2D eigenvalue weighted by Crippen LogP contribution is -2.22. The van der Waals surface area contributed by atoms with Crippen LogP contribution in [0, 0.1) is 3.95 Å². The van der Waals surface area contributed by atoms with E-state index in [0.29, 0.717) is 4.88 Å². The van der Waals surface area contributed by atoms with E-state index in [-0.39, 0.29) is 21.1 Å². The van der Waals surface area contributed by atoms with Crippen LogP contribution < -0.4 is 5.43 Å². The van der Waals surface area contributed by atoms with Gasteiger partial charge >= 0.3 is 0 Å². The van der Waals surface area contributed by atoms with Crippen molar-refractivity contribution in [2.75, 3.05) is 5.43 Å². The Morgan fingerprint density at radius 3 is 2.81 bits per heavy atom. The van der Waals surface area contributed by atoms with E-state index < -0.39 is 5.91 Å². The van der Waals surface area contributed by atoms with E-state index in [1.807, 2.05) is 24.3 Å². The van der Waals surface area contributed by atoms with Crippen LogP contribution in [0.5, 0.6) is 11.6 Å². The van der Waals surface area contributed by atoms with E-state index in [4.69, 9.17) is 12.2 Å². The first-order chi connectivity index (χ1) is 13.0. The first kappa shape index (κ1) is 17.2. The van der Waals surface area contributed by atoms with Crippen molar-refractivity contribution in [1.29, 1.82) is 0 Å². The maximum absolute atomic E-state index is 12.4. The molecule has 0 spiro atoms. The average molecular weight is 395 g/mol. The second-order valence-electron chi connectivity index (χ2n) is 5.76. The Bertz CT molecular complexity index is 1170. The highest BCUT2D eigenvalue weighted by Crippen LogP contribution is 2.35. The van der Waals surface area contributed by atoms with Crippen molar-refractivity contribution < 1.29 is 15.0 Å². The number of aromatic nitrogens is 1. The van der Waals surface area contributed by atoms with Gasteiger partial charge in [0.2, 0.25) is 5.88 Å². The molecule has 0 bridgehead atoms. The monoisotopic (exact) mass is 395 g/mol. The van der Waals surface area contributed by atoms with Gasteiger partial charge in [0, 0.05) is 22.9 Å². The number of aromatic hydroxyl groups is 2. The minimum atomic E-state index is -0.498. The van der Waals surface area contributed by atoms with E-state index >= 15 is 0 Å². The van der Waals surface area contributed by atoms with Gasteiger partial charge in [0.1, 0.15) is 5.75 Å². The lowest BCUT2D eigenvalue weighted by Gasteiger charge is -2.07. The molecular formula is C19H13N3O3S2. The Labute approximate surface area is 163 Å². The van der Waals surface area contributed by atoms with Crippen LogP contribution in [0.15, 0.2) is 53.5 Å². The number of phenolic OH excluding ortho intramolecular Hbond substituents is 1. The molecule has 4 rings (SSSR count). The van der Waals surface area contributed by atoms with Gasteiger partial charge in [0.15, 0.2) is 3.95 Å². The number of nitrogens with one attached hydrogen (secondary N) is 1. The molecule has 0 aliphatic carbocycles. The molecule has 8 heteroatoms. The number of aliphatic imine (C=N–C) groups is 1. The number of para-hydroxylation sites is 1. The Morgan fingerprint density at radius 1 is 1.19 bits per heavy atom. The predicted octanol–water partition coefficient (Wildman–Crippen LogP) is 4.33. The molecule has 0 radical (unpaired) electrons. The summed E-state index contributed by atoms with van der Waals surface area (Å²) < 4.78 is 1.44. The number of hydrogen-bond donors (Lipinski definition) is 3. The van der Waals surface area contributed by atoms with Gasteiger partial charge in [0.05, 0.1) is 10.6 Å². The summed E-state index contributed by atoms with van der Waals surface area (Å²) in [5.41, 5.74) is 5.48. The second-order valence-corrected chi connectivity index (χ2v) is 7.43. The summed E-state index contributed by atoms with van der Waals surface area (Å²) in [5.74, 6) is -0.684. The topological polar surface area (TPSA) is 86.9 Å². The summed E-state index contributed by atoms with van der Waals surface area (Å²) in [6.45, 7) is 0. The Hall–Kier alpha value is -3.23. The van der Waals surface area contributed by atoms with Crippen LogP contribution in [0.4, 0.5) is 5.69 Å². The minimum Gasteiger partial charge on any atom is -0.508 e. The molecule has 0 atom stereocenters. The number of carbonyl (C=O) groups is 1. The van der Waals surface area contributed by atoms with Gasteiger partial charge in [0.25, 0.3) is 5.91 Å². The van der Waals surface area contributed by atoms with E-state index in [0.717, 1.165) is 21.5 Å². The first-order valence-corrected chi connectivity index (χ1v) is 9.16.